The van der Waals surface area contributed by atoms with Crippen LogP contribution in [0.2, 0.25) is 0 Å². The van der Waals surface area contributed by atoms with Gasteiger partial charge in [0.2, 0.25) is 5.91 Å². The molecule has 0 atom stereocenters. The highest BCUT2D eigenvalue weighted by Gasteiger charge is 2.34. The van der Waals surface area contributed by atoms with Gasteiger partial charge in [-0.15, -0.1) is 0 Å². The van der Waals surface area contributed by atoms with E-state index in [4.69, 9.17) is 0 Å². The van der Waals surface area contributed by atoms with Gasteiger partial charge in [-0.3, -0.25) is 25.2 Å². The zero-order valence-corrected chi connectivity index (χ0v) is 12.1. The van der Waals surface area contributed by atoms with Crippen LogP contribution >= 0.6 is 0 Å². The van der Waals surface area contributed by atoms with Crippen LogP contribution in [-0.4, -0.2) is 30.8 Å². The van der Waals surface area contributed by atoms with E-state index in [2.05, 4.69) is 21.1 Å². The minimum Gasteiger partial charge on any atom is -0.372 e. The molecule has 2 fully saturated rings. The number of amides is 3. The minimum absolute atomic E-state index is 0.161. The van der Waals surface area contributed by atoms with E-state index in [-0.39, 0.29) is 12.3 Å². The van der Waals surface area contributed by atoms with E-state index < -0.39 is 17.7 Å². The van der Waals surface area contributed by atoms with Gasteiger partial charge in [0.1, 0.15) is 5.92 Å². The number of hydrazine groups is 1. The number of carbonyl (C=O) groups is 3. The lowest BCUT2D eigenvalue weighted by atomic mass is 10.1. The second-order valence-corrected chi connectivity index (χ2v) is 5.52. The fraction of sp³-hybridized carbons (Fsp3) is 0.400. The maximum atomic E-state index is 11.9. The predicted octanol–water partition coefficient (Wildman–Crippen LogP) is 0.393. The van der Waals surface area contributed by atoms with Gasteiger partial charge >= 0.3 is 0 Å². The smallest absolute Gasteiger partial charge is 0.251 e. The summed E-state index contributed by atoms with van der Waals surface area (Å²) in [6.07, 6.45) is 2.26. The first-order chi connectivity index (χ1) is 10.6. The topological polar surface area (TPSA) is 90.5 Å². The maximum Gasteiger partial charge on any atom is 0.251 e. The van der Waals surface area contributed by atoms with Crippen molar-refractivity contribution in [2.45, 2.75) is 19.3 Å². The molecule has 2 aliphatic heterocycles. The second-order valence-electron chi connectivity index (χ2n) is 5.52. The monoisotopic (exact) mass is 302 g/mol. The Bertz CT molecular complexity index is 577. The van der Waals surface area contributed by atoms with Crippen molar-refractivity contribution in [3.8, 4) is 0 Å². The first-order valence-corrected chi connectivity index (χ1v) is 7.38. The van der Waals surface area contributed by atoms with E-state index in [1.54, 1.807) is 0 Å². The Hall–Kier alpha value is -2.57. The van der Waals surface area contributed by atoms with Gasteiger partial charge in [-0.25, -0.2) is 0 Å². The molecule has 1 aromatic rings. The first kappa shape index (κ1) is 14.4. The molecule has 2 aliphatic rings. The van der Waals surface area contributed by atoms with Crippen LogP contribution in [0.3, 0.4) is 0 Å². The molecule has 0 unspecified atom stereocenters. The summed E-state index contributed by atoms with van der Waals surface area (Å²) in [5.41, 5.74) is 6.21. The lowest BCUT2D eigenvalue weighted by molar-refractivity contribution is -0.131. The van der Waals surface area contributed by atoms with Crippen molar-refractivity contribution >= 4 is 29.1 Å². The molecule has 0 bridgehead atoms. The van der Waals surface area contributed by atoms with E-state index in [1.807, 2.05) is 24.3 Å². The van der Waals surface area contributed by atoms with Crippen molar-refractivity contribution in [3.05, 3.63) is 24.3 Å². The average Bonchev–Trinajstić information content (AvgIpc) is 3.14. The average molecular weight is 302 g/mol. The number of nitrogens with one attached hydrogen (secondary N) is 3. The third-order valence-electron chi connectivity index (χ3n) is 3.95. The van der Waals surface area contributed by atoms with Gasteiger partial charge in [0.05, 0.1) is 0 Å². The SMILES string of the molecule is O=C(CC1C(=O)NNC1=O)Nc1ccc(N2CCCC2)cc1. The van der Waals surface area contributed by atoms with Crippen LogP contribution in [0.1, 0.15) is 19.3 Å². The molecule has 0 spiro atoms. The molecule has 0 saturated carbocycles. The summed E-state index contributed by atoms with van der Waals surface area (Å²) in [6.45, 7) is 2.13. The highest BCUT2D eigenvalue weighted by Crippen LogP contribution is 2.22. The van der Waals surface area contributed by atoms with Crippen molar-refractivity contribution in [1.82, 2.24) is 10.9 Å². The first-order valence-electron chi connectivity index (χ1n) is 7.38. The highest BCUT2D eigenvalue weighted by atomic mass is 16.2. The van der Waals surface area contributed by atoms with Crippen molar-refractivity contribution in [1.29, 1.82) is 0 Å². The molecule has 7 nitrogen and oxygen atoms in total. The molecule has 0 aromatic heterocycles. The lowest BCUT2D eigenvalue weighted by Crippen LogP contribution is -2.28. The van der Waals surface area contributed by atoms with Gasteiger partial charge in [-0.2, -0.15) is 0 Å². The molecule has 0 radical (unpaired) electrons. The quantitative estimate of drug-likeness (QED) is 0.702. The van der Waals surface area contributed by atoms with Gasteiger partial charge < -0.3 is 10.2 Å². The summed E-state index contributed by atoms with van der Waals surface area (Å²) in [7, 11) is 0. The fourth-order valence-electron chi connectivity index (χ4n) is 2.73. The van der Waals surface area contributed by atoms with Crippen LogP contribution in [0.4, 0.5) is 11.4 Å². The number of rotatable bonds is 4. The van der Waals surface area contributed by atoms with Crippen molar-refractivity contribution in [2.75, 3.05) is 23.3 Å². The Labute approximate surface area is 128 Å². The zero-order valence-electron chi connectivity index (χ0n) is 12.1. The standard InChI is InChI=1S/C15H18N4O3/c20-13(9-12-14(21)17-18-15(12)22)16-10-3-5-11(6-4-10)19-7-1-2-8-19/h3-6,12H,1-2,7-9H2,(H,16,20)(H,17,21)(H,18,22). The Balaban J connectivity index is 1.57. The highest BCUT2D eigenvalue weighted by molar-refractivity contribution is 6.08. The van der Waals surface area contributed by atoms with Gasteiger partial charge in [0.25, 0.3) is 11.8 Å². The Morgan fingerprint density at radius 2 is 1.68 bits per heavy atom. The Kier molecular flexibility index (Phi) is 3.95. The van der Waals surface area contributed by atoms with Crippen LogP contribution in [0.25, 0.3) is 0 Å². The normalized spacial score (nSPS) is 18.3. The van der Waals surface area contributed by atoms with Crippen LogP contribution in [0.5, 0.6) is 0 Å². The van der Waals surface area contributed by atoms with Crippen molar-refractivity contribution in [2.24, 2.45) is 5.92 Å². The molecule has 2 saturated heterocycles. The summed E-state index contributed by atoms with van der Waals surface area (Å²) in [6, 6.07) is 7.60. The number of hydrogen-bond donors (Lipinski definition) is 3. The van der Waals surface area contributed by atoms with Gasteiger partial charge in [0.15, 0.2) is 0 Å². The van der Waals surface area contributed by atoms with Crippen LogP contribution in [0, 0.1) is 5.92 Å². The van der Waals surface area contributed by atoms with Crippen LogP contribution in [0.15, 0.2) is 24.3 Å². The van der Waals surface area contributed by atoms with Crippen LogP contribution in [-0.2, 0) is 14.4 Å². The number of nitrogens with zero attached hydrogens (tertiary/aromatic N) is 1. The van der Waals surface area contributed by atoms with E-state index in [0.29, 0.717) is 5.69 Å². The predicted molar refractivity (Wildman–Crippen MR) is 80.9 cm³/mol. The number of hydrogen-bond acceptors (Lipinski definition) is 4. The zero-order chi connectivity index (χ0) is 15.5. The van der Waals surface area contributed by atoms with Gasteiger partial charge in [-0.1, -0.05) is 0 Å². The largest absolute Gasteiger partial charge is 0.372 e. The lowest BCUT2D eigenvalue weighted by Gasteiger charge is -2.17. The molecule has 3 amide bonds. The maximum absolute atomic E-state index is 11.9. The van der Waals surface area contributed by atoms with E-state index >= 15 is 0 Å². The number of anilines is 2. The number of benzene rings is 1. The Morgan fingerprint density at radius 3 is 2.27 bits per heavy atom. The summed E-state index contributed by atoms with van der Waals surface area (Å²) in [4.78, 5) is 37.0. The molecule has 3 N–H and O–H groups in total. The third kappa shape index (κ3) is 3.03. The summed E-state index contributed by atoms with van der Waals surface area (Å²) in [5.74, 6) is -2.25. The molecular weight excluding hydrogens is 284 g/mol. The molecule has 3 rings (SSSR count). The van der Waals surface area contributed by atoms with Crippen LogP contribution < -0.4 is 21.1 Å². The molecule has 2 heterocycles. The van der Waals surface area contributed by atoms with Gasteiger partial charge in [0, 0.05) is 30.9 Å². The van der Waals surface area contributed by atoms with E-state index in [9.17, 15) is 14.4 Å². The van der Waals surface area contributed by atoms with Gasteiger partial charge in [-0.05, 0) is 37.1 Å². The molecule has 0 aliphatic carbocycles. The molecule has 22 heavy (non-hydrogen) atoms. The third-order valence-corrected chi connectivity index (χ3v) is 3.95. The van der Waals surface area contributed by atoms with Crippen molar-refractivity contribution in [3.63, 3.8) is 0 Å². The molecule has 7 heteroatoms. The Morgan fingerprint density at radius 1 is 1.09 bits per heavy atom. The van der Waals surface area contributed by atoms with E-state index in [1.165, 1.54) is 12.8 Å². The second kappa shape index (κ2) is 6.05. The molecule has 1 aromatic carbocycles. The fourth-order valence-corrected chi connectivity index (χ4v) is 2.73. The summed E-state index contributed by atoms with van der Waals surface area (Å²) in [5, 5.41) is 2.71. The van der Waals surface area contributed by atoms with E-state index in [0.717, 1.165) is 18.8 Å². The van der Waals surface area contributed by atoms with Crippen molar-refractivity contribution < 1.29 is 14.4 Å². The minimum atomic E-state index is -0.955. The summed E-state index contributed by atoms with van der Waals surface area (Å²) < 4.78 is 0. The molecular formula is C15H18N4O3. The molecule has 116 valence electrons. The summed E-state index contributed by atoms with van der Waals surface area (Å²) >= 11 is 0. The number of carbonyl (C=O) groups excluding carboxylic acids is 3.